The molecular formula is C16H34N2. The summed E-state index contributed by atoms with van der Waals surface area (Å²) in [7, 11) is 0. The summed E-state index contributed by atoms with van der Waals surface area (Å²) in [5.41, 5.74) is 6.41. The average molecular weight is 254 g/mol. The maximum atomic E-state index is 6.41. The molecule has 2 nitrogen and oxygen atoms in total. The molecule has 0 radical (unpaired) electrons. The zero-order valence-corrected chi connectivity index (χ0v) is 13.3. The molecular weight excluding hydrogens is 220 g/mol. The van der Waals surface area contributed by atoms with E-state index >= 15 is 0 Å². The summed E-state index contributed by atoms with van der Waals surface area (Å²) in [5.74, 6) is 2.38. The van der Waals surface area contributed by atoms with Crippen LogP contribution in [0.15, 0.2) is 0 Å². The molecule has 0 saturated heterocycles. The van der Waals surface area contributed by atoms with Crippen molar-refractivity contribution in [2.24, 2.45) is 23.5 Å². The number of nitrogens with two attached hydrogens (primary N) is 1. The molecule has 2 heteroatoms. The van der Waals surface area contributed by atoms with Crippen LogP contribution in [0.3, 0.4) is 0 Å². The van der Waals surface area contributed by atoms with Gasteiger partial charge in [0.15, 0.2) is 0 Å². The van der Waals surface area contributed by atoms with E-state index in [1.54, 1.807) is 0 Å². The van der Waals surface area contributed by atoms with E-state index < -0.39 is 0 Å². The van der Waals surface area contributed by atoms with Gasteiger partial charge in [-0.2, -0.15) is 0 Å². The zero-order chi connectivity index (χ0) is 13.9. The van der Waals surface area contributed by atoms with Gasteiger partial charge in [0.05, 0.1) is 0 Å². The van der Waals surface area contributed by atoms with Crippen molar-refractivity contribution in [2.45, 2.75) is 78.9 Å². The second-order valence-corrected chi connectivity index (χ2v) is 7.23. The minimum atomic E-state index is 0.376. The Balaban J connectivity index is 2.74. The highest BCUT2D eigenvalue weighted by Crippen LogP contribution is 2.33. The number of hydrogen-bond acceptors (Lipinski definition) is 2. The Labute approximate surface area is 114 Å². The van der Waals surface area contributed by atoms with Crippen molar-refractivity contribution in [3.05, 3.63) is 0 Å². The summed E-state index contributed by atoms with van der Waals surface area (Å²) in [6.45, 7) is 15.2. The van der Waals surface area contributed by atoms with Gasteiger partial charge in [0.1, 0.15) is 0 Å². The Morgan fingerprint density at radius 1 is 1.06 bits per heavy atom. The van der Waals surface area contributed by atoms with Crippen molar-refractivity contribution in [2.75, 3.05) is 6.54 Å². The largest absolute Gasteiger partial charge is 0.326 e. The maximum absolute atomic E-state index is 6.41. The molecule has 108 valence electrons. The first-order valence-corrected chi connectivity index (χ1v) is 7.84. The van der Waals surface area contributed by atoms with Crippen molar-refractivity contribution >= 4 is 0 Å². The Morgan fingerprint density at radius 3 is 2.11 bits per heavy atom. The third-order valence-corrected chi connectivity index (χ3v) is 4.52. The predicted octanol–water partition coefficient (Wildman–Crippen LogP) is 3.50. The zero-order valence-electron chi connectivity index (χ0n) is 13.3. The first kappa shape index (κ1) is 16.0. The molecule has 0 aromatic carbocycles. The molecule has 1 rings (SSSR count). The fourth-order valence-corrected chi connectivity index (χ4v) is 3.34. The summed E-state index contributed by atoms with van der Waals surface area (Å²) in [6.07, 6.45) is 3.82. The number of rotatable bonds is 5. The molecule has 1 saturated carbocycles. The summed E-state index contributed by atoms with van der Waals surface area (Å²) < 4.78 is 0. The minimum Gasteiger partial charge on any atom is -0.326 e. The van der Waals surface area contributed by atoms with Crippen LogP contribution in [0.4, 0.5) is 0 Å². The first-order valence-electron chi connectivity index (χ1n) is 7.84. The van der Waals surface area contributed by atoms with Crippen LogP contribution in [0.5, 0.6) is 0 Å². The van der Waals surface area contributed by atoms with E-state index in [1.807, 2.05) is 0 Å². The standard InChI is InChI=1S/C16H34N2/c1-11(2)10-18(13(5)6)16-9-14(12(3)4)7-8-15(16)17/h11-16H,7-10,17H2,1-6H3. The number of hydrogen-bond donors (Lipinski definition) is 1. The summed E-state index contributed by atoms with van der Waals surface area (Å²) in [5, 5.41) is 0. The van der Waals surface area contributed by atoms with Crippen LogP contribution in [-0.2, 0) is 0 Å². The monoisotopic (exact) mass is 254 g/mol. The van der Waals surface area contributed by atoms with Gasteiger partial charge >= 0.3 is 0 Å². The van der Waals surface area contributed by atoms with Crippen molar-refractivity contribution in [1.29, 1.82) is 0 Å². The molecule has 0 aliphatic heterocycles. The third kappa shape index (κ3) is 4.24. The predicted molar refractivity (Wildman–Crippen MR) is 80.6 cm³/mol. The topological polar surface area (TPSA) is 29.3 Å². The molecule has 0 amide bonds. The average Bonchev–Trinajstić information content (AvgIpc) is 2.26. The lowest BCUT2D eigenvalue weighted by Gasteiger charge is -2.45. The van der Waals surface area contributed by atoms with Crippen molar-refractivity contribution in [1.82, 2.24) is 4.90 Å². The van der Waals surface area contributed by atoms with Gasteiger partial charge in [-0.15, -0.1) is 0 Å². The molecule has 0 aromatic heterocycles. The fraction of sp³-hybridized carbons (Fsp3) is 1.00. The van der Waals surface area contributed by atoms with E-state index in [0.717, 1.165) is 17.8 Å². The molecule has 0 bridgehead atoms. The SMILES string of the molecule is CC(C)CN(C(C)C)C1CC(C(C)C)CCC1N. The fourth-order valence-electron chi connectivity index (χ4n) is 3.34. The van der Waals surface area contributed by atoms with Crippen molar-refractivity contribution < 1.29 is 0 Å². The van der Waals surface area contributed by atoms with Crippen LogP contribution in [0, 0.1) is 17.8 Å². The van der Waals surface area contributed by atoms with Gasteiger partial charge in [-0.25, -0.2) is 0 Å². The lowest BCUT2D eigenvalue weighted by molar-refractivity contribution is 0.0625. The highest BCUT2D eigenvalue weighted by molar-refractivity contribution is 4.91. The van der Waals surface area contributed by atoms with E-state index in [4.69, 9.17) is 5.73 Å². The molecule has 2 N–H and O–H groups in total. The Morgan fingerprint density at radius 2 is 1.67 bits per heavy atom. The van der Waals surface area contributed by atoms with Gasteiger partial charge in [0.2, 0.25) is 0 Å². The molecule has 18 heavy (non-hydrogen) atoms. The van der Waals surface area contributed by atoms with Gasteiger partial charge in [-0.1, -0.05) is 27.7 Å². The maximum Gasteiger partial charge on any atom is 0.0252 e. The summed E-state index contributed by atoms with van der Waals surface area (Å²) in [4.78, 5) is 2.66. The van der Waals surface area contributed by atoms with Gasteiger partial charge in [0, 0.05) is 24.7 Å². The normalized spacial score (nSPS) is 29.8. The quantitative estimate of drug-likeness (QED) is 0.813. The van der Waals surface area contributed by atoms with Crippen LogP contribution in [0.1, 0.15) is 60.8 Å². The highest BCUT2D eigenvalue weighted by atomic mass is 15.2. The Kier molecular flexibility index (Phi) is 6.13. The Bertz CT molecular complexity index is 235. The van der Waals surface area contributed by atoms with Crippen molar-refractivity contribution in [3.63, 3.8) is 0 Å². The molecule has 1 aliphatic carbocycles. The van der Waals surface area contributed by atoms with Crippen molar-refractivity contribution in [3.8, 4) is 0 Å². The molecule has 1 aliphatic rings. The van der Waals surface area contributed by atoms with Crippen LogP contribution in [-0.4, -0.2) is 29.6 Å². The van der Waals surface area contributed by atoms with E-state index in [-0.39, 0.29) is 0 Å². The summed E-state index contributed by atoms with van der Waals surface area (Å²) in [6, 6.07) is 1.57. The molecule has 0 aromatic rings. The van der Waals surface area contributed by atoms with E-state index in [9.17, 15) is 0 Å². The van der Waals surface area contributed by atoms with E-state index in [1.165, 1.54) is 25.8 Å². The third-order valence-electron chi connectivity index (χ3n) is 4.52. The van der Waals surface area contributed by atoms with Gasteiger partial charge in [-0.3, -0.25) is 4.90 Å². The smallest absolute Gasteiger partial charge is 0.0252 e. The highest BCUT2D eigenvalue weighted by Gasteiger charge is 2.34. The van der Waals surface area contributed by atoms with E-state index in [0.29, 0.717) is 18.1 Å². The van der Waals surface area contributed by atoms with Gasteiger partial charge < -0.3 is 5.73 Å². The van der Waals surface area contributed by atoms with Crippen LogP contribution in [0.25, 0.3) is 0 Å². The number of nitrogens with zero attached hydrogens (tertiary/aromatic N) is 1. The van der Waals surface area contributed by atoms with Gasteiger partial charge in [0.25, 0.3) is 0 Å². The van der Waals surface area contributed by atoms with Gasteiger partial charge in [-0.05, 0) is 50.9 Å². The van der Waals surface area contributed by atoms with Crippen LogP contribution >= 0.6 is 0 Å². The Hall–Kier alpha value is -0.0800. The lowest BCUT2D eigenvalue weighted by Crippen LogP contribution is -2.54. The second kappa shape index (κ2) is 6.91. The second-order valence-electron chi connectivity index (χ2n) is 7.23. The molecule has 0 heterocycles. The molecule has 1 fully saturated rings. The lowest BCUT2D eigenvalue weighted by atomic mass is 9.76. The van der Waals surface area contributed by atoms with Crippen LogP contribution < -0.4 is 5.73 Å². The molecule has 3 unspecified atom stereocenters. The molecule has 0 spiro atoms. The molecule has 3 atom stereocenters. The summed E-state index contributed by atoms with van der Waals surface area (Å²) >= 11 is 0. The van der Waals surface area contributed by atoms with Crippen LogP contribution in [0.2, 0.25) is 0 Å². The van der Waals surface area contributed by atoms with E-state index in [2.05, 4.69) is 46.4 Å². The minimum absolute atomic E-state index is 0.376. The first-order chi connectivity index (χ1) is 8.32.